The van der Waals surface area contributed by atoms with Gasteiger partial charge in [0.15, 0.2) is 0 Å². The predicted molar refractivity (Wildman–Crippen MR) is 62.7 cm³/mol. The quantitative estimate of drug-likeness (QED) is 0.721. The van der Waals surface area contributed by atoms with Crippen LogP contribution in [0, 0.1) is 0 Å². The first-order valence-corrected chi connectivity index (χ1v) is 5.50. The molecule has 1 rings (SSSR count). The molecule has 0 fully saturated rings. The summed E-state index contributed by atoms with van der Waals surface area (Å²) in [5.74, 6) is 0.781. The normalized spacial score (nSPS) is 10.3. The van der Waals surface area contributed by atoms with E-state index in [9.17, 15) is 0 Å². The van der Waals surface area contributed by atoms with E-state index in [0.29, 0.717) is 6.54 Å². The molecule has 0 aliphatic carbocycles. The molecule has 0 aliphatic heterocycles. The molecule has 0 aromatic carbocycles. The zero-order valence-electron chi connectivity index (χ0n) is 9.61. The largest absolute Gasteiger partial charge is 0.344 e. The van der Waals surface area contributed by atoms with Crippen LogP contribution in [0.4, 0.5) is 5.95 Å². The molecule has 2 N–H and O–H groups in total. The molecule has 15 heavy (non-hydrogen) atoms. The van der Waals surface area contributed by atoms with Gasteiger partial charge in [0.05, 0.1) is 0 Å². The van der Waals surface area contributed by atoms with E-state index < -0.39 is 0 Å². The summed E-state index contributed by atoms with van der Waals surface area (Å²) in [4.78, 5) is 10.6. The lowest BCUT2D eigenvalue weighted by Gasteiger charge is -2.16. The van der Waals surface area contributed by atoms with Gasteiger partial charge in [0.1, 0.15) is 0 Å². The Balaban J connectivity index is 2.46. The zero-order valence-corrected chi connectivity index (χ0v) is 9.61. The Labute approximate surface area is 91.5 Å². The van der Waals surface area contributed by atoms with E-state index in [-0.39, 0.29) is 0 Å². The first kappa shape index (κ1) is 11.9. The van der Waals surface area contributed by atoms with Crippen LogP contribution in [-0.2, 0) is 6.54 Å². The van der Waals surface area contributed by atoms with Crippen LogP contribution >= 0.6 is 0 Å². The van der Waals surface area contributed by atoms with Crippen molar-refractivity contribution in [2.24, 2.45) is 5.73 Å². The molecule has 4 nitrogen and oxygen atoms in total. The van der Waals surface area contributed by atoms with Gasteiger partial charge in [-0.25, -0.2) is 9.97 Å². The van der Waals surface area contributed by atoms with Gasteiger partial charge in [0.2, 0.25) is 5.95 Å². The van der Waals surface area contributed by atoms with E-state index in [1.54, 1.807) is 12.4 Å². The smallest absolute Gasteiger partial charge is 0.224 e. The predicted octanol–water partition coefficient (Wildman–Crippen LogP) is 1.56. The Bertz CT molecular complexity index is 270. The molecule has 0 amide bonds. The molecule has 0 radical (unpaired) electrons. The van der Waals surface area contributed by atoms with Crippen LogP contribution in [0.25, 0.3) is 0 Å². The van der Waals surface area contributed by atoms with E-state index in [0.717, 1.165) is 18.1 Å². The Morgan fingerprint density at radius 2 is 1.93 bits per heavy atom. The van der Waals surface area contributed by atoms with Crippen molar-refractivity contribution in [3.63, 3.8) is 0 Å². The van der Waals surface area contributed by atoms with E-state index in [2.05, 4.69) is 21.8 Å². The second-order valence-corrected chi connectivity index (χ2v) is 3.72. The number of nitrogens with two attached hydrogens (primary N) is 1. The molecule has 0 saturated carbocycles. The first-order valence-electron chi connectivity index (χ1n) is 5.50. The molecule has 0 atom stereocenters. The summed E-state index contributed by atoms with van der Waals surface area (Å²) in [5, 5.41) is 0. The summed E-state index contributed by atoms with van der Waals surface area (Å²) in [6.45, 7) is 3.71. The van der Waals surface area contributed by atoms with Crippen molar-refractivity contribution >= 4 is 5.95 Å². The van der Waals surface area contributed by atoms with E-state index in [4.69, 9.17) is 5.73 Å². The van der Waals surface area contributed by atoms with Crippen LogP contribution in [-0.4, -0.2) is 23.6 Å². The van der Waals surface area contributed by atoms with Crippen LogP contribution in [0.3, 0.4) is 0 Å². The molecule has 1 aromatic heterocycles. The molecule has 84 valence electrons. The standard InChI is InChI=1S/C11H20N4/c1-3-4-5-6-15(2)11-13-8-10(7-12)9-14-11/h8-9H,3-7,12H2,1-2H3. The molecular weight excluding hydrogens is 188 g/mol. The SMILES string of the molecule is CCCCCN(C)c1ncc(CN)cn1. The zero-order chi connectivity index (χ0) is 11.1. The van der Waals surface area contributed by atoms with Crippen LogP contribution < -0.4 is 10.6 Å². The van der Waals surface area contributed by atoms with Crippen LogP contribution in [0.5, 0.6) is 0 Å². The average molecular weight is 208 g/mol. The third-order valence-electron chi connectivity index (χ3n) is 2.37. The van der Waals surface area contributed by atoms with Gasteiger partial charge in [0, 0.05) is 38.1 Å². The van der Waals surface area contributed by atoms with Crippen LogP contribution in [0.2, 0.25) is 0 Å². The fourth-order valence-corrected chi connectivity index (χ4v) is 1.35. The topological polar surface area (TPSA) is 55.0 Å². The lowest BCUT2D eigenvalue weighted by Crippen LogP contribution is -2.21. The van der Waals surface area contributed by atoms with Crippen molar-refractivity contribution in [1.29, 1.82) is 0 Å². The maximum Gasteiger partial charge on any atom is 0.224 e. The fourth-order valence-electron chi connectivity index (χ4n) is 1.35. The first-order chi connectivity index (χ1) is 7.27. The van der Waals surface area contributed by atoms with Crippen molar-refractivity contribution in [2.45, 2.75) is 32.7 Å². The number of aromatic nitrogens is 2. The molecule has 0 bridgehead atoms. The summed E-state index contributed by atoms with van der Waals surface area (Å²) in [6.07, 6.45) is 7.26. The molecule has 1 aromatic rings. The molecule has 1 heterocycles. The van der Waals surface area contributed by atoms with Crippen LogP contribution in [0.15, 0.2) is 12.4 Å². The molecular formula is C11H20N4. The Morgan fingerprint density at radius 3 is 2.47 bits per heavy atom. The van der Waals surface area contributed by atoms with Crippen molar-refractivity contribution in [3.8, 4) is 0 Å². The Hall–Kier alpha value is -1.16. The van der Waals surface area contributed by atoms with Crippen molar-refractivity contribution < 1.29 is 0 Å². The maximum absolute atomic E-state index is 5.48. The summed E-state index contributed by atoms with van der Waals surface area (Å²) < 4.78 is 0. The van der Waals surface area contributed by atoms with Crippen molar-refractivity contribution in [3.05, 3.63) is 18.0 Å². The highest BCUT2D eigenvalue weighted by Crippen LogP contribution is 2.06. The number of anilines is 1. The summed E-state index contributed by atoms with van der Waals surface area (Å²) in [6, 6.07) is 0. The van der Waals surface area contributed by atoms with Gasteiger partial charge in [-0.05, 0) is 6.42 Å². The number of hydrogen-bond donors (Lipinski definition) is 1. The summed E-state index contributed by atoms with van der Waals surface area (Å²) in [7, 11) is 2.02. The number of rotatable bonds is 6. The van der Waals surface area contributed by atoms with Gasteiger partial charge in [0.25, 0.3) is 0 Å². The third kappa shape index (κ3) is 3.83. The minimum atomic E-state index is 0.500. The average Bonchev–Trinajstić information content (AvgIpc) is 2.29. The minimum Gasteiger partial charge on any atom is -0.344 e. The maximum atomic E-state index is 5.48. The second-order valence-electron chi connectivity index (χ2n) is 3.72. The van der Waals surface area contributed by atoms with E-state index in [1.165, 1.54) is 19.3 Å². The van der Waals surface area contributed by atoms with Gasteiger partial charge >= 0.3 is 0 Å². The lowest BCUT2D eigenvalue weighted by molar-refractivity contribution is 0.695. The van der Waals surface area contributed by atoms with Gasteiger partial charge in [-0.1, -0.05) is 19.8 Å². The van der Waals surface area contributed by atoms with Gasteiger partial charge < -0.3 is 10.6 Å². The van der Waals surface area contributed by atoms with Crippen molar-refractivity contribution in [1.82, 2.24) is 9.97 Å². The number of unbranched alkanes of at least 4 members (excludes halogenated alkanes) is 2. The number of hydrogen-bond acceptors (Lipinski definition) is 4. The lowest BCUT2D eigenvalue weighted by atomic mass is 10.2. The molecule has 0 unspecified atom stereocenters. The van der Waals surface area contributed by atoms with E-state index >= 15 is 0 Å². The highest BCUT2D eigenvalue weighted by Gasteiger charge is 2.02. The summed E-state index contributed by atoms with van der Waals surface area (Å²) in [5.41, 5.74) is 6.45. The van der Waals surface area contributed by atoms with Crippen LogP contribution in [0.1, 0.15) is 31.7 Å². The highest BCUT2D eigenvalue weighted by atomic mass is 15.2. The Morgan fingerprint density at radius 1 is 1.27 bits per heavy atom. The van der Waals surface area contributed by atoms with Crippen molar-refractivity contribution in [2.75, 3.05) is 18.5 Å². The molecule has 4 heteroatoms. The van der Waals surface area contributed by atoms with Gasteiger partial charge in [-0.15, -0.1) is 0 Å². The second kappa shape index (κ2) is 6.35. The summed E-state index contributed by atoms with van der Waals surface area (Å²) >= 11 is 0. The van der Waals surface area contributed by atoms with Gasteiger partial charge in [-0.2, -0.15) is 0 Å². The molecule has 0 spiro atoms. The van der Waals surface area contributed by atoms with Gasteiger partial charge in [-0.3, -0.25) is 0 Å². The fraction of sp³-hybridized carbons (Fsp3) is 0.636. The monoisotopic (exact) mass is 208 g/mol. The van der Waals surface area contributed by atoms with E-state index in [1.807, 2.05) is 7.05 Å². The highest BCUT2D eigenvalue weighted by molar-refractivity contribution is 5.27. The minimum absolute atomic E-state index is 0.500. The number of nitrogens with zero attached hydrogens (tertiary/aromatic N) is 3. The Kier molecular flexibility index (Phi) is 5.04. The third-order valence-corrected chi connectivity index (χ3v) is 2.37. The molecule has 0 saturated heterocycles. The molecule has 0 aliphatic rings.